The highest BCUT2D eigenvalue weighted by Gasteiger charge is 2.18. The van der Waals surface area contributed by atoms with Gasteiger partial charge in [0.2, 0.25) is 0 Å². The third-order valence-corrected chi connectivity index (χ3v) is 4.94. The van der Waals surface area contributed by atoms with E-state index in [4.69, 9.17) is 18.9 Å². The number of amides is 1. The Labute approximate surface area is 180 Å². The van der Waals surface area contributed by atoms with Gasteiger partial charge in [-0.25, -0.2) is 4.79 Å². The van der Waals surface area contributed by atoms with Gasteiger partial charge in [0.1, 0.15) is 17.2 Å². The summed E-state index contributed by atoms with van der Waals surface area (Å²) >= 11 is 0. The maximum Gasteiger partial charge on any atom is 0.339 e. The largest absolute Gasteiger partial charge is 0.497 e. The maximum atomic E-state index is 12.6. The summed E-state index contributed by atoms with van der Waals surface area (Å²) in [6.07, 6.45) is 0. The highest BCUT2D eigenvalue weighted by atomic mass is 16.5. The van der Waals surface area contributed by atoms with Crippen molar-refractivity contribution < 1.29 is 28.5 Å². The van der Waals surface area contributed by atoms with Crippen LogP contribution in [-0.4, -0.2) is 39.8 Å². The van der Waals surface area contributed by atoms with Gasteiger partial charge in [-0.2, -0.15) is 0 Å². The van der Waals surface area contributed by atoms with Gasteiger partial charge in [0.05, 0.1) is 32.9 Å². The molecule has 0 aliphatic heterocycles. The first-order chi connectivity index (χ1) is 15.0. The summed E-state index contributed by atoms with van der Waals surface area (Å²) in [5.74, 6) is 0.917. The zero-order valence-electron chi connectivity index (χ0n) is 17.9. The molecule has 3 rings (SSSR count). The lowest BCUT2D eigenvalue weighted by Crippen LogP contribution is -2.31. The molecule has 31 heavy (non-hydrogen) atoms. The molecular weight excluding hydrogens is 398 g/mol. The van der Waals surface area contributed by atoms with E-state index in [2.05, 4.69) is 5.32 Å². The van der Waals surface area contributed by atoms with Crippen LogP contribution in [0.3, 0.4) is 0 Å². The normalized spacial score (nSPS) is 11.5. The van der Waals surface area contributed by atoms with Crippen molar-refractivity contribution in [1.82, 2.24) is 5.32 Å². The van der Waals surface area contributed by atoms with Crippen LogP contribution in [0, 0.1) is 0 Å². The van der Waals surface area contributed by atoms with E-state index >= 15 is 0 Å². The van der Waals surface area contributed by atoms with Crippen molar-refractivity contribution in [2.75, 3.05) is 27.9 Å². The lowest BCUT2D eigenvalue weighted by atomic mass is 10.0. The van der Waals surface area contributed by atoms with Gasteiger partial charge in [-0.3, -0.25) is 4.79 Å². The minimum Gasteiger partial charge on any atom is -0.497 e. The second kappa shape index (κ2) is 9.84. The van der Waals surface area contributed by atoms with E-state index in [0.29, 0.717) is 28.2 Å². The molecule has 1 N–H and O–H groups in total. The molecule has 0 aliphatic carbocycles. The van der Waals surface area contributed by atoms with Crippen LogP contribution in [0.4, 0.5) is 0 Å². The SMILES string of the molecule is COc1ccc(OC)c([C@@H](C)NC(=O)COC(=O)c2ccc(OC)c3ccccc23)c1. The van der Waals surface area contributed by atoms with E-state index in [1.54, 1.807) is 51.7 Å². The van der Waals surface area contributed by atoms with Crippen LogP contribution in [-0.2, 0) is 9.53 Å². The van der Waals surface area contributed by atoms with Gasteiger partial charge >= 0.3 is 5.97 Å². The third kappa shape index (κ3) is 4.88. The average Bonchev–Trinajstić information content (AvgIpc) is 2.81. The molecule has 0 aromatic heterocycles. The summed E-state index contributed by atoms with van der Waals surface area (Å²) in [6.45, 7) is 1.41. The predicted octanol–water partition coefficient (Wildman–Crippen LogP) is 3.90. The summed E-state index contributed by atoms with van der Waals surface area (Å²) in [7, 11) is 4.69. The van der Waals surface area contributed by atoms with Crippen LogP contribution < -0.4 is 19.5 Å². The second-order valence-electron chi connectivity index (χ2n) is 6.83. The van der Waals surface area contributed by atoms with Crippen LogP contribution >= 0.6 is 0 Å². The van der Waals surface area contributed by atoms with E-state index in [-0.39, 0.29) is 6.04 Å². The number of benzene rings is 3. The summed E-state index contributed by atoms with van der Waals surface area (Å²) in [5, 5.41) is 4.30. The molecule has 0 heterocycles. The van der Waals surface area contributed by atoms with Gasteiger partial charge in [-0.05, 0) is 42.6 Å². The molecule has 0 saturated carbocycles. The van der Waals surface area contributed by atoms with Crippen LogP contribution in [0.15, 0.2) is 54.6 Å². The Morgan fingerprint density at radius 1 is 0.871 bits per heavy atom. The minimum absolute atomic E-state index is 0.367. The van der Waals surface area contributed by atoms with Gasteiger partial charge in [0.25, 0.3) is 5.91 Å². The van der Waals surface area contributed by atoms with Crippen LogP contribution in [0.1, 0.15) is 28.9 Å². The Hall–Kier alpha value is -3.74. The summed E-state index contributed by atoms with van der Waals surface area (Å²) in [5.41, 5.74) is 1.12. The van der Waals surface area contributed by atoms with Gasteiger partial charge in [-0.15, -0.1) is 0 Å². The van der Waals surface area contributed by atoms with E-state index < -0.39 is 18.5 Å². The molecule has 7 heteroatoms. The highest BCUT2D eigenvalue weighted by Crippen LogP contribution is 2.30. The number of methoxy groups -OCH3 is 3. The molecular formula is C24H25NO6. The average molecular weight is 423 g/mol. The van der Waals surface area contributed by atoms with Crippen molar-refractivity contribution >= 4 is 22.6 Å². The molecule has 1 amide bonds. The van der Waals surface area contributed by atoms with E-state index in [9.17, 15) is 9.59 Å². The first kappa shape index (κ1) is 22.0. The topological polar surface area (TPSA) is 83.1 Å². The van der Waals surface area contributed by atoms with Crippen molar-refractivity contribution in [2.24, 2.45) is 0 Å². The lowest BCUT2D eigenvalue weighted by molar-refractivity contribution is -0.124. The molecule has 0 bridgehead atoms. The van der Waals surface area contributed by atoms with Crippen LogP contribution in [0.2, 0.25) is 0 Å². The summed E-state index contributed by atoms with van der Waals surface area (Å²) in [6, 6.07) is 15.7. The van der Waals surface area contributed by atoms with E-state index in [1.807, 2.05) is 31.2 Å². The summed E-state index contributed by atoms with van der Waals surface area (Å²) < 4.78 is 21.2. The van der Waals surface area contributed by atoms with Gasteiger partial charge in [0, 0.05) is 10.9 Å². The number of carbonyl (C=O) groups is 2. The number of carbonyl (C=O) groups excluding carboxylic acids is 2. The number of esters is 1. The lowest BCUT2D eigenvalue weighted by Gasteiger charge is -2.18. The summed E-state index contributed by atoms with van der Waals surface area (Å²) in [4.78, 5) is 25.0. The molecule has 0 unspecified atom stereocenters. The Morgan fingerprint density at radius 2 is 1.55 bits per heavy atom. The molecule has 3 aromatic rings. The number of ether oxygens (including phenoxy) is 4. The van der Waals surface area contributed by atoms with E-state index in [0.717, 1.165) is 10.9 Å². The van der Waals surface area contributed by atoms with Crippen molar-refractivity contribution in [3.63, 3.8) is 0 Å². The number of hydrogen-bond donors (Lipinski definition) is 1. The van der Waals surface area contributed by atoms with E-state index in [1.165, 1.54) is 0 Å². The third-order valence-electron chi connectivity index (χ3n) is 4.94. The number of hydrogen-bond acceptors (Lipinski definition) is 6. The van der Waals surface area contributed by atoms with Crippen LogP contribution in [0.5, 0.6) is 17.2 Å². The Balaban J connectivity index is 1.68. The van der Waals surface area contributed by atoms with Crippen molar-refractivity contribution in [3.05, 3.63) is 65.7 Å². The van der Waals surface area contributed by atoms with Crippen molar-refractivity contribution in [3.8, 4) is 17.2 Å². The number of nitrogens with one attached hydrogen (secondary N) is 1. The molecule has 7 nitrogen and oxygen atoms in total. The molecule has 162 valence electrons. The molecule has 0 fully saturated rings. The predicted molar refractivity (Wildman–Crippen MR) is 117 cm³/mol. The monoisotopic (exact) mass is 423 g/mol. The zero-order valence-corrected chi connectivity index (χ0v) is 17.9. The van der Waals surface area contributed by atoms with Crippen molar-refractivity contribution in [2.45, 2.75) is 13.0 Å². The molecule has 0 saturated heterocycles. The van der Waals surface area contributed by atoms with Gasteiger partial charge in [-0.1, -0.05) is 24.3 Å². The first-order valence-electron chi connectivity index (χ1n) is 9.72. The van der Waals surface area contributed by atoms with Gasteiger partial charge < -0.3 is 24.3 Å². The first-order valence-corrected chi connectivity index (χ1v) is 9.72. The molecule has 1 atom stereocenters. The zero-order chi connectivity index (χ0) is 22.4. The fourth-order valence-corrected chi connectivity index (χ4v) is 3.37. The standard InChI is InChI=1S/C24H25NO6/c1-15(20-13-16(28-2)9-11-22(20)30-4)25-23(26)14-31-24(27)19-10-12-21(29-3)18-8-6-5-7-17(18)19/h5-13,15H,14H2,1-4H3,(H,25,26)/t15-/m1/s1. The maximum absolute atomic E-state index is 12.6. The Morgan fingerprint density at radius 3 is 2.23 bits per heavy atom. The Bertz CT molecular complexity index is 1090. The smallest absolute Gasteiger partial charge is 0.339 e. The molecule has 0 spiro atoms. The Kier molecular flexibility index (Phi) is 6.97. The fraction of sp³-hybridized carbons (Fsp3) is 0.250. The number of rotatable bonds is 8. The molecule has 3 aromatic carbocycles. The minimum atomic E-state index is -0.583. The fourth-order valence-electron chi connectivity index (χ4n) is 3.37. The highest BCUT2D eigenvalue weighted by molar-refractivity contribution is 6.06. The number of fused-ring (bicyclic) bond motifs is 1. The second-order valence-corrected chi connectivity index (χ2v) is 6.83. The van der Waals surface area contributed by atoms with Crippen LogP contribution in [0.25, 0.3) is 10.8 Å². The molecule has 0 radical (unpaired) electrons. The van der Waals surface area contributed by atoms with Gasteiger partial charge in [0.15, 0.2) is 6.61 Å². The quantitative estimate of drug-likeness (QED) is 0.554. The molecule has 0 aliphatic rings. The van der Waals surface area contributed by atoms with Crippen molar-refractivity contribution in [1.29, 1.82) is 0 Å².